The minimum atomic E-state index is 0.146. The fraction of sp³-hybridized carbons (Fsp3) is 0.600. The number of anilines is 1. The summed E-state index contributed by atoms with van der Waals surface area (Å²) in [6, 6.07) is 6.61. The SMILES string of the molecule is CSCCN(C)c1ccc(CNC(C)(C)C)c(Br)c1. The van der Waals surface area contributed by atoms with Crippen LogP contribution in [0.15, 0.2) is 22.7 Å². The molecule has 0 unspecified atom stereocenters. The average molecular weight is 345 g/mol. The summed E-state index contributed by atoms with van der Waals surface area (Å²) in [6.45, 7) is 8.52. The predicted octanol–water partition coefficient (Wildman–Crippen LogP) is 4.14. The van der Waals surface area contributed by atoms with Crippen LogP contribution in [-0.2, 0) is 6.54 Å². The first-order valence-electron chi connectivity index (χ1n) is 6.57. The van der Waals surface area contributed by atoms with E-state index in [-0.39, 0.29) is 5.54 Å². The second-order valence-electron chi connectivity index (χ2n) is 5.79. The van der Waals surface area contributed by atoms with Crippen molar-refractivity contribution >= 4 is 33.4 Å². The van der Waals surface area contributed by atoms with Crippen molar-refractivity contribution in [2.75, 3.05) is 30.5 Å². The maximum Gasteiger partial charge on any atom is 0.0375 e. The molecular weight excluding hydrogens is 320 g/mol. The molecule has 0 aromatic heterocycles. The summed E-state index contributed by atoms with van der Waals surface area (Å²) in [4.78, 5) is 2.29. The molecule has 0 aliphatic heterocycles. The van der Waals surface area contributed by atoms with E-state index in [0.29, 0.717) is 0 Å². The van der Waals surface area contributed by atoms with Crippen LogP contribution in [0.5, 0.6) is 0 Å². The molecule has 0 saturated carbocycles. The molecule has 0 heterocycles. The zero-order valence-corrected chi connectivity index (χ0v) is 15.0. The van der Waals surface area contributed by atoms with Gasteiger partial charge in [0.25, 0.3) is 0 Å². The average Bonchev–Trinajstić information content (AvgIpc) is 2.33. The fourth-order valence-electron chi connectivity index (χ4n) is 1.63. The molecule has 0 radical (unpaired) electrons. The number of halogens is 1. The molecule has 0 spiro atoms. The highest BCUT2D eigenvalue weighted by Gasteiger charge is 2.10. The molecule has 0 saturated heterocycles. The van der Waals surface area contributed by atoms with E-state index >= 15 is 0 Å². The largest absolute Gasteiger partial charge is 0.374 e. The van der Waals surface area contributed by atoms with Crippen LogP contribution in [0, 0.1) is 0 Å². The molecule has 1 N–H and O–H groups in total. The van der Waals surface area contributed by atoms with Crippen LogP contribution in [0.1, 0.15) is 26.3 Å². The lowest BCUT2D eigenvalue weighted by molar-refractivity contribution is 0.424. The molecule has 1 aromatic carbocycles. The third kappa shape index (κ3) is 6.19. The number of hydrogen-bond acceptors (Lipinski definition) is 3. The lowest BCUT2D eigenvalue weighted by Gasteiger charge is -2.22. The van der Waals surface area contributed by atoms with Crippen LogP contribution in [0.4, 0.5) is 5.69 Å². The molecule has 108 valence electrons. The standard InChI is InChI=1S/C15H25BrN2S/c1-15(2,3)17-11-12-6-7-13(10-14(12)16)18(4)8-9-19-5/h6-7,10,17H,8-9,11H2,1-5H3. The number of benzene rings is 1. The van der Waals surface area contributed by atoms with Gasteiger partial charge in [0, 0.05) is 41.6 Å². The lowest BCUT2D eigenvalue weighted by atomic mass is 10.1. The van der Waals surface area contributed by atoms with Crippen LogP contribution < -0.4 is 10.2 Å². The van der Waals surface area contributed by atoms with Gasteiger partial charge < -0.3 is 10.2 Å². The van der Waals surface area contributed by atoms with Gasteiger partial charge >= 0.3 is 0 Å². The molecule has 19 heavy (non-hydrogen) atoms. The predicted molar refractivity (Wildman–Crippen MR) is 92.4 cm³/mol. The highest BCUT2D eigenvalue weighted by atomic mass is 79.9. The smallest absolute Gasteiger partial charge is 0.0375 e. The van der Waals surface area contributed by atoms with E-state index in [1.165, 1.54) is 15.7 Å². The quantitative estimate of drug-likeness (QED) is 0.834. The van der Waals surface area contributed by atoms with E-state index in [1.807, 2.05) is 11.8 Å². The van der Waals surface area contributed by atoms with Crippen LogP contribution >= 0.6 is 27.7 Å². The monoisotopic (exact) mass is 344 g/mol. The van der Waals surface area contributed by atoms with Gasteiger partial charge in [-0.2, -0.15) is 11.8 Å². The first-order valence-corrected chi connectivity index (χ1v) is 8.75. The number of nitrogens with zero attached hydrogens (tertiary/aromatic N) is 1. The van der Waals surface area contributed by atoms with Gasteiger partial charge in [-0.1, -0.05) is 22.0 Å². The van der Waals surface area contributed by atoms with Gasteiger partial charge in [-0.15, -0.1) is 0 Å². The number of thioether (sulfide) groups is 1. The second kappa shape index (κ2) is 7.55. The number of nitrogens with one attached hydrogen (secondary N) is 1. The van der Waals surface area contributed by atoms with Crippen molar-refractivity contribution in [3.05, 3.63) is 28.2 Å². The summed E-state index contributed by atoms with van der Waals surface area (Å²) in [5.74, 6) is 1.15. The Morgan fingerprint density at radius 2 is 2.00 bits per heavy atom. The normalized spacial score (nSPS) is 11.7. The molecule has 0 fully saturated rings. The minimum Gasteiger partial charge on any atom is -0.374 e. The Hall–Kier alpha value is -0.190. The number of hydrogen-bond donors (Lipinski definition) is 1. The molecule has 0 amide bonds. The molecule has 4 heteroatoms. The van der Waals surface area contributed by atoms with E-state index in [9.17, 15) is 0 Å². The first-order chi connectivity index (χ1) is 8.83. The lowest BCUT2D eigenvalue weighted by Crippen LogP contribution is -2.35. The van der Waals surface area contributed by atoms with Crippen molar-refractivity contribution < 1.29 is 0 Å². The van der Waals surface area contributed by atoms with Crippen LogP contribution in [0.3, 0.4) is 0 Å². The highest BCUT2D eigenvalue weighted by Crippen LogP contribution is 2.24. The van der Waals surface area contributed by atoms with Crippen molar-refractivity contribution in [1.82, 2.24) is 5.32 Å². The summed E-state index contributed by atoms with van der Waals surface area (Å²) >= 11 is 5.56. The topological polar surface area (TPSA) is 15.3 Å². The van der Waals surface area contributed by atoms with Gasteiger partial charge in [0.2, 0.25) is 0 Å². The zero-order chi connectivity index (χ0) is 14.5. The Balaban J connectivity index is 2.69. The van der Waals surface area contributed by atoms with E-state index in [1.54, 1.807) is 0 Å². The van der Waals surface area contributed by atoms with Crippen molar-refractivity contribution in [2.45, 2.75) is 32.9 Å². The Kier molecular flexibility index (Phi) is 6.71. The van der Waals surface area contributed by atoms with Gasteiger partial charge in [0.15, 0.2) is 0 Å². The summed E-state index contributed by atoms with van der Waals surface area (Å²) in [6.07, 6.45) is 2.14. The third-order valence-corrected chi connectivity index (χ3v) is 4.25. The van der Waals surface area contributed by atoms with Crippen LogP contribution in [0.25, 0.3) is 0 Å². The molecular formula is C15H25BrN2S. The maximum atomic E-state index is 3.68. The summed E-state index contributed by atoms with van der Waals surface area (Å²) in [5.41, 5.74) is 2.71. The van der Waals surface area contributed by atoms with Gasteiger partial charge in [-0.05, 0) is 44.7 Å². The molecule has 1 aromatic rings. The summed E-state index contributed by atoms with van der Waals surface area (Å²) in [7, 11) is 2.14. The summed E-state index contributed by atoms with van der Waals surface area (Å²) in [5, 5.41) is 3.52. The maximum absolute atomic E-state index is 3.68. The Morgan fingerprint density at radius 3 is 2.53 bits per heavy atom. The third-order valence-electron chi connectivity index (χ3n) is 2.92. The minimum absolute atomic E-state index is 0.146. The van der Waals surface area contributed by atoms with Gasteiger partial charge in [0.1, 0.15) is 0 Å². The van der Waals surface area contributed by atoms with Crippen molar-refractivity contribution in [3.63, 3.8) is 0 Å². The Labute approximate surface area is 130 Å². The molecule has 0 atom stereocenters. The van der Waals surface area contributed by atoms with Gasteiger partial charge in [0.05, 0.1) is 0 Å². The molecule has 2 nitrogen and oxygen atoms in total. The Bertz CT molecular complexity index is 402. The molecule has 0 bridgehead atoms. The van der Waals surface area contributed by atoms with E-state index in [0.717, 1.165) is 18.8 Å². The van der Waals surface area contributed by atoms with Crippen LogP contribution in [-0.4, -0.2) is 31.1 Å². The first kappa shape index (κ1) is 16.9. The van der Waals surface area contributed by atoms with Gasteiger partial charge in [-0.25, -0.2) is 0 Å². The van der Waals surface area contributed by atoms with Crippen molar-refractivity contribution in [2.24, 2.45) is 0 Å². The van der Waals surface area contributed by atoms with E-state index in [2.05, 4.69) is 78.4 Å². The van der Waals surface area contributed by atoms with Gasteiger partial charge in [-0.3, -0.25) is 0 Å². The van der Waals surface area contributed by atoms with Crippen molar-refractivity contribution in [3.8, 4) is 0 Å². The highest BCUT2D eigenvalue weighted by molar-refractivity contribution is 9.10. The second-order valence-corrected chi connectivity index (χ2v) is 7.63. The fourth-order valence-corrected chi connectivity index (χ4v) is 2.60. The van der Waals surface area contributed by atoms with E-state index in [4.69, 9.17) is 0 Å². The summed E-state index contributed by atoms with van der Waals surface area (Å²) < 4.78 is 1.18. The number of rotatable bonds is 6. The van der Waals surface area contributed by atoms with Crippen LogP contribution in [0.2, 0.25) is 0 Å². The zero-order valence-electron chi connectivity index (χ0n) is 12.6. The molecule has 1 rings (SSSR count). The molecule has 0 aliphatic carbocycles. The molecule has 0 aliphatic rings. The Morgan fingerprint density at radius 1 is 1.32 bits per heavy atom. The van der Waals surface area contributed by atoms with E-state index < -0.39 is 0 Å². The van der Waals surface area contributed by atoms with Crippen molar-refractivity contribution in [1.29, 1.82) is 0 Å².